The minimum Gasteiger partial charge on any atom is -0.294 e. The molecule has 0 saturated heterocycles. The number of hydrogen-bond donors (Lipinski definition) is 0. The van der Waals surface area contributed by atoms with Gasteiger partial charge in [0.05, 0.1) is 22.9 Å². The van der Waals surface area contributed by atoms with E-state index in [1.807, 2.05) is 67.6 Å². The molecule has 4 nitrogen and oxygen atoms in total. The van der Waals surface area contributed by atoms with Gasteiger partial charge in [0.2, 0.25) is 0 Å². The van der Waals surface area contributed by atoms with Gasteiger partial charge in [0.15, 0.2) is 0 Å². The van der Waals surface area contributed by atoms with E-state index in [0.29, 0.717) is 37.4 Å². The maximum atomic E-state index is 13.9. The Morgan fingerprint density at radius 3 is 2.03 bits per heavy atom. The fourth-order valence-corrected chi connectivity index (χ4v) is 4.92. The van der Waals surface area contributed by atoms with Crippen LogP contribution in [0, 0.1) is 6.92 Å². The Balaban J connectivity index is 1.49. The highest BCUT2D eigenvalue weighted by atomic mass is 19.4. The van der Waals surface area contributed by atoms with Crippen molar-refractivity contribution >= 4 is 0 Å². The van der Waals surface area contributed by atoms with Crippen molar-refractivity contribution in [3.63, 3.8) is 0 Å². The van der Waals surface area contributed by atoms with E-state index in [9.17, 15) is 18.0 Å². The summed E-state index contributed by atoms with van der Waals surface area (Å²) in [5.74, 6) is 0.660. The predicted molar refractivity (Wildman–Crippen MR) is 133 cm³/mol. The topological polar surface area (TPSA) is 38.1 Å². The zero-order valence-electron chi connectivity index (χ0n) is 19.9. The average molecular weight is 490 g/mol. The third kappa shape index (κ3) is 4.84. The van der Waals surface area contributed by atoms with E-state index < -0.39 is 11.7 Å². The smallest absolute Gasteiger partial charge is 0.294 e. The Kier molecular flexibility index (Phi) is 6.49. The summed E-state index contributed by atoms with van der Waals surface area (Å²) in [5, 5.41) is 0. The van der Waals surface area contributed by atoms with Gasteiger partial charge < -0.3 is 0 Å². The van der Waals surface area contributed by atoms with Crippen LogP contribution in [0.4, 0.5) is 13.2 Å². The third-order valence-electron chi connectivity index (χ3n) is 6.69. The van der Waals surface area contributed by atoms with Gasteiger partial charge in [-0.05, 0) is 35.7 Å². The van der Waals surface area contributed by atoms with Crippen LogP contribution in [-0.2, 0) is 25.7 Å². The zero-order chi connectivity index (χ0) is 25.3. The van der Waals surface area contributed by atoms with E-state index in [0.717, 1.165) is 34.5 Å². The van der Waals surface area contributed by atoms with Crippen LogP contribution in [0.2, 0.25) is 0 Å². The predicted octanol–water partition coefficient (Wildman–Crippen LogP) is 5.77. The molecule has 1 aliphatic rings. The Morgan fingerprint density at radius 2 is 1.47 bits per heavy atom. The van der Waals surface area contributed by atoms with E-state index in [-0.39, 0.29) is 11.6 Å². The molecule has 4 aromatic rings. The monoisotopic (exact) mass is 489 g/mol. The molecule has 1 aliphatic heterocycles. The number of aromatic nitrogens is 2. The fourth-order valence-electron chi connectivity index (χ4n) is 4.92. The Hall–Kier alpha value is -3.71. The maximum absolute atomic E-state index is 13.9. The molecule has 5 rings (SSSR count). The van der Waals surface area contributed by atoms with Crippen molar-refractivity contribution < 1.29 is 13.2 Å². The molecule has 184 valence electrons. The van der Waals surface area contributed by atoms with Gasteiger partial charge in [0.25, 0.3) is 5.56 Å². The Bertz CT molecular complexity index is 1360. The number of rotatable bonds is 5. The summed E-state index contributed by atoms with van der Waals surface area (Å²) in [4.78, 5) is 20.9. The Morgan fingerprint density at radius 1 is 0.889 bits per heavy atom. The molecule has 0 unspecified atom stereocenters. The van der Waals surface area contributed by atoms with Crippen LogP contribution >= 0.6 is 0 Å². The number of hydrogen-bond acceptors (Lipinski definition) is 3. The molecule has 36 heavy (non-hydrogen) atoms. The van der Waals surface area contributed by atoms with Crippen LogP contribution in [0.1, 0.15) is 45.4 Å². The van der Waals surface area contributed by atoms with Crippen molar-refractivity contribution in [1.29, 1.82) is 0 Å². The minimum absolute atomic E-state index is 0.0766. The van der Waals surface area contributed by atoms with Gasteiger partial charge in [0.1, 0.15) is 5.82 Å². The summed E-state index contributed by atoms with van der Waals surface area (Å²) in [6.07, 6.45) is -3.74. The van der Waals surface area contributed by atoms with Gasteiger partial charge in [-0.15, -0.1) is 0 Å². The SMILES string of the molecule is Cc1nc2c(c(=O)n1C(c1ccccc1)c1ccccc1)CN(Cc1ccc(C(F)(F)F)cc1)CC2. The lowest BCUT2D eigenvalue weighted by Gasteiger charge is -2.30. The number of benzene rings is 3. The molecule has 0 spiro atoms. The molecule has 0 radical (unpaired) electrons. The highest BCUT2D eigenvalue weighted by Crippen LogP contribution is 2.30. The van der Waals surface area contributed by atoms with Crippen LogP contribution in [0.25, 0.3) is 0 Å². The second-order valence-electron chi connectivity index (χ2n) is 9.14. The second-order valence-corrected chi connectivity index (χ2v) is 9.14. The van der Waals surface area contributed by atoms with Gasteiger partial charge in [-0.1, -0.05) is 72.8 Å². The first kappa shape index (κ1) is 24.0. The molecule has 0 aliphatic carbocycles. The van der Waals surface area contributed by atoms with Crippen molar-refractivity contribution in [2.75, 3.05) is 6.54 Å². The minimum atomic E-state index is -4.36. The molecule has 1 aromatic heterocycles. The van der Waals surface area contributed by atoms with Crippen LogP contribution in [-0.4, -0.2) is 21.0 Å². The van der Waals surface area contributed by atoms with E-state index in [2.05, 4.69) is 4.90 Å². The molecule has 0 amide bonds. The summed E-state index contributed by atoms with van der Waals surface area (Å²) in [6.45, 7) is 3.42. The van der Waals surface area contributed by atoms with Crippen molar-refractivity contribution in [2.45, 2.75) is 38.7 Å². The number of nitrogens with zero attached hydrogens (tertiary/aromatic N) is 3. The first-order chi connectivity index (χ1) is 17.3. The van der Waals surface area contributed by atoms with Gasteiger partial charge in [-0.25, -0.2) is 4.98 Å². The van der Waals surface area contributed by atoms with Crippen LogP contribution in [0.3, 0.4) is 0 Å². The number of aryl methyl sites for hydroxylation is 1. The molecule has 0 saturated carbocycles. The van der Waals surface area contributed by atoms with Crippen LogP contribution in [0.5, 0.6) is 0 Å². The van der Waals surface area contributed by atoms with Gasteiger partial charge in [-0.3, -0.25) is 14.3 Å². The summed E-state index contributed by atoms with van der Waals surface area (Å²) < 4.78 is 40.5. The lowest BCUT2D eigenvalue weighted by Crippen LogP contribution is -2.40. The van der Waals surface area contributed by atoms with Gasteiger partial charge in [0, 0.05) is 26.1 Å². The summed E-state index contributed by atoms with van der Waals surface area (Å²) in [6, 6.07) is 24.7. The quantitative estimate of drug-likeness (QED) is 0.357. The highest BCUT2D eigenvalue weighted by molar-refractivity contribution is 5.35. The standard InChI is InChI=1S/C29H26F3N3O/c1-20-33-26-16-17-34(18-21-12-14-24(15-13-21)29(30,31)32)19-25(26)28(36)35(20)27(22-8-4-2-5-9-22)23-10-6-3-7-11-23/h2-15,27H,16-19H2,1H3. The molecule has 3 aromatic carbocycles. The maximum Gasteiger partial charge on any atom is 0.416 e. The lowest BCUT2D eigenvalue weighted by molar-refractivity contribution is -0.137. The van der Waals surface area contributed by atoms with Gasteiger partial charge in [-0.2, -0.15) is 13.2 Å². The van der Waals surface area contributed by atoms with E-state index in [1.165, 1.54) is 12.1 Å². The third-order valence-corrected chi connectivity index (χ3v) is 6.69. The molecule has 0 N–H and O–H groups in total. The molecule has 0 atom stereocenters. The summed E-state index contributed by atoms with van der Waals surface area (Å²) in [7, 11) is 0. The average Bonchev–Trinajstić information content (AvgIpc) is 2.88. The van der Waals surface area contributed by atoms with Crippen molar-refractivity contribution in [2.24, 2.45) is 0 Å². The van der Waals surface area contributed by atoms with Crippen molar-refractivity contribution in [3.8, 4) is 0 Å². The first-order valence-electron chi connectivity index (χ1n) is 11.9. The van der Waals surface area contributed by atoms with Gasteiger partial charge >= 0.3 is 6.18 Å². The number of fused-ring (bicyclic) bond motifs is 1. The Labute approximate surface area is 207 Å². The zero-order valence-corrected chi connectivity index (χ0v) is 19.9. The summed E-state index contributed by atoms with van der Waals surface area (Å²) in [5.41, 5.74) is 3.48. The number of halogens is 3. The molecule has 0 fully saturated rings. The first-order valence-corrected chi connectivity index (χ1v) is 11.9. The van der Waals surface area contributed by atoms with E-state index in [1.54, 1.807) is 4.57 Å². The fraction of sp³-hybridized carbons (Fsp3) is 0.241. The largest absolute Gasteiger partial charge is 0.416 e. The number of alkyl halides is 3. The molecular formula is C29H26F3N3O. The highest BCUT2D eigenvalue weighted by Gasteiger charge is 2.30. The normalized spacial score (nSPS) is 14.1. The van der Waals surface area contributed by atoms with Crippen molar-refractivity contribution in [3.05, 3.63) is 135 Å². The van der Waals surface area contributed by atoms with E-state index >= 15 is 0 Å². The molecule has 7 heteroatoms. The second kappa shape index (κ2) is 9.74. The molecular weight excluding hydrogens is 463 g/mol. The molecule has 0 bridgehead atoms. The van der Waals surface area contributed by atoms with Crippen LogP contribution in [0.15, 0.2) is 89.7 Å². The van der Waals surface area contributed by atoms with E-state index in [4.69, 9.17) is 4.98 Å². The lowest BCUT2D eigenvalue weighted by atomic mass is 9.97. The van der Waals surface area contributed by atoms with Crippen molar-refractivity contribution in [1.82, 2.24) is 14.5 Å². The molecule has 2 heterocycles. The summed E-state index contributed by atoms with van der Waals surface area (Å²) >= 11 is 0. The van der Waals surface area contributed by atoms with Crippen LogP contribution < -0.4 is 5.56 Å².